The number of hydrogen-bond donors (Lipinski definition) is 1. The summed E-state index contributed by atoms with van der Waals surface area (Å²) in [7, 11) is 6.39. The van der Waals surface area contributed by atoms with Crippen LogP contribution in [0.3, 0.4) is 0 Å². The highest BCUT2D eigenvalue weighted by Gasteiger charge is 2.32. The maximum absolute atomic E-state index is 12.8. The van der Waals surface area contributed by atoms with Crippen molar-refractivity contribution in [3.8, 4) is 23.0 Å². The monoisotopic (exact) mass is 422 g/mol. The van der Waals surface area contributed by atoms with Gasteiger partial charge in [-0.05, 0) is 54.1 Å². The van der Waals surface area contributed by atoms with Crippen LogP contribution in [0.4, 0.5) is 0 Å². The summed E-state index contributed by atoms with van der Waals surface area (Å²) in [5.74, 6) is 2.54. The Labute approximate surface area is 181 Å². The predicted molar refractivity (Wildman–Crippen MR) is 117 cm³/mol. The summed E-state index contributed by atoms with van der Waals surface area (Å²) in [6.07, 6.45) is 3.57. The lowest BCUT2D eigenvalue weighted by Crippen LogP contribution is -2.31. The molecule has 7 heteroatoms. The molecule has 0 aliphatic heterocycles. The van der Waals surface area contributed by atoms with E-state index in [0.717, 1.165) is 34.9 Å². The normalized spacial score (nSPS) is 14.1. The van der Waals surface area contributed by atoms with E-state index in [1.165, 1.54) is 0 Å². The van der Waals surface area contributed by atoms with Gasteiger partial charge >= 0.3 is 0 Å². The van der Waals surface area contributed by atoms with Gasteiger partial charge in [0.05, 0.1) is 40.2 Å². The summed E-state index contributed by atoms with van der Waals surface area (Å²) < 4.78 is 21.8. The first-order valence-electron chi connectivity index (χ1n) is 10.1. The van der Waals surface area contributed by atoms with Crippen LogP contribution < -0.4 is 24.3 Å². The van der Waals surface area contributed by atoms with Crippen LogP contribution >= 0.6 is 0 Å². The molecule has 162 valence electrons. The minimum absolute atomic E-state index is 0.0269. The Morgan fingerprint density at radius 1 is 0.903 bits per heavy atom. The minimum Gasteiger partial charge on any atom is -0.493 e. The second-order valence-electron chi connectivity index (χ2n) is 7.45. The number of nitrogens with one attached hydrogen (secondary N) is 1. The van der Waals surface area contributed by atoms with Crippen molar-refractivity contribution in [1.29, 1.82) is 0 Å². The van der Waals surface area contributed by atoms with E-state index in [-0.39, 0.29) is 11.8 Å². The summed E-state index contributed by atoms with van der Waals surface area (Å²) in [6.45, 7) is 0. The van der Waals surface area contributed by atoms with Gasteiger partial charge in [0.2, 0.25) is 5.91 Å². The summed E-state index contributed by atoms with van der Waals surface area (Å²) in [5.41, 5.74) is 1.57. The number of hydrogen-bond acceptors (Lipinski definition) is 6. The zero-order valence-electron chi connectivity index (χ0n) is 18.1. The zero-order chi connectivity index (χ0) is 22.0. The molecule has 0 radical (unpaired) electrons. The lowest BCUT2D eigenvalue weighted by molar-refractivity contribution is -0.122. The van der Waals surface area contributed by atoms with E-state index in [9.17, 15) is 4.79 Å². The molecule has 0 spiro atoms. The standard InChI is InChI=1S/C24H26N2O5/c1-28-18-8-7-16(12-19(18)29-2)22(26-24(27)14-5-6-14)23-17-13-21(31-4)20(30-3)11-15(17)9-10-25-23/h7-14,22H,5-6H2,1-4H3,(H,26,27)/t22-/m0/s1. The number of ether oxygens (including phenoxy) is 4. The molecule has 1 atom stereocenters. The molecule has 1 aliphatic rings. The zero-order valence-corrected chi connectivity index (χ0v) is 18.1. The molecule has 1 fully saturated rings. The third kappa shape index (κ3) is 4.08. The number of methoxy groups -OCH3 is 4. The number of benzene rings is 2. The Hall–Kier alpha value is -3.48. The summed E-state index contributed by atoms with van der Waals surface area (Å²) in [4.78, 5) is 17.4. The van der Waals surface area contributed by atoms with Crippen LogP contribution in [0.5, 0.6) is 23.0 Å². The van der Waals surface area contributed by atoms with Gasteiger partial charge in [0.15, 0.2) is 23.0 Å². The third-order valence-electron chi connectivity index (χ3n) is 5.55. The van der Waals surface area contributed by atoms with Crippen molar-refractivity contribution >= 4 is 16.7 Å². The van der Waals surface area contributed by atoms with Crippen LogP contribution in [0.1, 0.15) is 30.1 Å². The number of carbonyl (C=O) groups excluding carboxylic acids is 1. The van der Waals surface area contributed by atoms with Gasteiger partial charge in [-0.25, -0.2) is 0 Å². The average molecular weight is 422 g/mol. The van der Waals surface area contributed by atoms with Gasteiger partial charge in [0.25, 0.3) is 0 Å². The van der Waals surface area contributed by atoms with Gasteiger partial charge in [-0.1, -0.05) is 6.07 Å². The van der Waals surface area contributed by atoms with Crippen molar-refractivity contribution in [2.24, 2.45) is 5.92 Å². The van der Waals surface area contributed by atoms with Crippen LogP contribution in [0.2, 0.25) is 0 Å². The first kappa shape index (κ1) is 20.8. The van der Waals surface area contributed by atoms with Crippen LogP contribution in [-0.2, 0) is 4.79 Å². The molecule has 1 aliphatic carbocycles. The van der Waals surface area contributed by atoms with Crippen molar-refractivity contribution in [3.63, 3.8) is 0 Å². The third-order valence-corrected chi connectivity index (χ3v) is 5.55. The minimum atomic E-state index is -0.463. The molecular weight excluding hydrogens is 396 g/mol. The number of carbonyl (C=O) groups is 1. The maximum atomic E-state index is 12.8. The Bertz CT molecular complexity index is 1110. The van der Waals surface area contributed by atoms with E-state index in [1.54, 1.807) is 34.6 Å². The van der Waals surface area contributed by atoms with Gasteiger partial charge in [-0.2, -0.15) is 0 Å². The molecule has 0 unspecified atom stereocenters. The molecule has 0 bridgehead atoms. The fourth-order valence-electron chi connectivity index (χ4n) is 3.70. The molecule has 3 aromatic rings. The SMILES string of the molecule is COc1ccc([C@H](NC(=O)C2CC2)c2nccc3cc(OC)c(OC)cc23)cc1OC. The van der Waals surface area contributed by atoms with E-state index < -0.39 is 6.04 Å². The van der Waals surface area contributed by atoms with Crippen LogP contribution in [0.25, 0.3) is 10.8 Å². The van der Waals surface area contributed by atoms with Crippen molar-refractivity contribution in [3.05, 3.63) is 53.9 Å². The first-order valence-corrected chi connectivity index (χ1v) is 10.1. The van der Waals surface area contributed by atoms with E-state index >= 15 is 0 Å². The topological polar surface area (TPSA) is 78.9 Å². The number of fused-ring (bicyclic) bond motifs is 1. The Kier molecular flexibility index (Phi) is 5.84. The number of aromatic nitrogens is 1. The highest BCUT2D eigenvalue weighted by Crippen LogP contribution is 2.38. The average Bonchev–Trinajstić information content (AvgIpc) is 3.66. The Balaban J connectivity index is 1.87. The van der Waals surface area contributed by atoms with Gasteiger partial charge < -0.3 is 24.3 Å². The summed E-state index contributed by atoms with van der Waals surface area (Å²) in [5, 5.41) is 5.00. The molecular formula is C24H26N2O5. The maximum Gasteiger partial charge on any atom is 0.223 e. The summed E-state index contributed by atoms with van der Waals surface area (Å²) in [6, 6.07) is 10.9. The molecule has 0 saturated heterocycles. The first-order chi connectivity index (χ1) is 15.1. The van der Waals surface area contributed by atoms with Gasteiger partial charge in [0.1, 0.15) is 0 Å². The van der Waals surface area contributed by atoms with Crippen molar-refractivity contribution < 1.29 is 23.7 Å². The van der Waals surface area contributed by atoms with Crippen LogP contribution in [0.15, 0.2) is 42.6 Å². The van der Waals surface area contributed by atoms with Crippen molar-refractivity contribution in [1.82, 2.24) is 10.3 Å². The predicted octanol–water partition coefficient (Wildman–Crippen LogP) is 3.88. The van der Waals surface area contributed by atoms with E-state index in [1.807, 2.05) is 36.4 Å². The van der Waals surface area contributed by atoms with Crippen molar-refractivity contribution in [2.75, 3.05) is 28.4 Å². The lowest BCUT2D eigenvalue weighted by atomic mass is 9.97. The number of pyridine rings is 1. The summed E-state index contributed by atoms with van der Waals surface area (Å²) >= 11 is 0. The smallest absolute Gasteiger partial charge is 0.223 e. The highest BCUT2D eigenvalue weighted by molar-refractivity contribution is 5.89. The molecule has 1 heterocycles. The molecule has 4 rings (SSSR count). The van der Waals surface area contributed by atoms with Gasteiger partial charge in [0, 0.05) is 17.5 Å². The molecule has 2 aromatic carbocycles. The fraction of sp³-hybridized carbons (Fsp3) is 0.333. The molecule has 1 N–H and O–H groups in total. The molecule has 1 amide bonds. The molecule has 1 saturated carbocycles. The Morgan fingerprint density at radius 3 is 2.19 bits per heavy atom. The Morgan fingerprint density at radius 2 is 1.55 bits per heavy atom. The lowest BCUT2D eigenvalue weighted by Gasteiger charge is -2.22. The number of nitrogens with zero attached hydrogens (tertiary/aromatic N) is 1. The number of amides is 1. The van der Waals surface area contributed by atoms with E-state index in [0.29, 0.717) is 23.0 Å². The van der Waals surface area contributed by atoms with Crippen molar-refractivity contribution in [2.45, 2.75) is 18.9 Å². The van der Waals surface area contributed by atoms with Gasteiger partial charge in [-0.3, -0.25) is 9.78 Å². The largest absolute Gasteiger partial charge is 0.493 e. The van der Waals surface area contributed by atoms with Gasteiger partial charge in [-0.15, -0.1) is 0 Å². The number of rotatable bonds is 8. The van der Waals surface area contributed by atoms with Crippen LogP contribution in [-0.4, -0.2) is 39.3 Å². The molecule has 31 heavy (non-hydrogen) atoms. The fourth-order valence-corrected chi connectivity index (χ4v) is 3.70. The van der Waals surface area contributed by atoms with Crippen LogP contribution in [0, 0.1) is 5.92 Å². The molecule has 1 aromatic heterocycles. The second-order valence-corrected chi connectivity index (χ2v) is 7.45. The quantitative estimate of drug-likeness (QED) is 0.593. The van der Waals surface area contributed by atoms with E-state index in [2.05, 4.69) is 10.3 Å². The molecule has 7 nitrogen and oxygen atoms in total. The van der Waals surface area contributed by atoms with E-state index in [4.69, 9.17) is 18.9 Å². The second kappa shape index (κ2) is 8.71. The highest BCUT2D eigenvalue weighted by atomic mass is 16.5.